The van der Waals surface area contributed by atoms with Gasteiger partial charge in [-0.2, -0.15) is 10.5 Å². The van der Waals surface area contributed by atoms with Crippen molar-refractivity contribution in [2.75, 3.05) is 5.75 Å². The number of nitrogens with zero attached hydrogens (tertiary/aromatic N) is 4. The Morgan fingerprint density at radius 1 is 1.33 bits per heavy atom. The van der Waals surface area contributed by atoms with Gasteiger partial charge in [0.25, 0.3) is 5.56 Å². The largest absolute Gasteiger partial charge is 0.283 e. The number of hydrogen-bond donors (Lipinski definition) is 0. The average Bonchev–Trinajstić information content (AvgIpc) is 2.86. The first kappa shape index (κ1) is 19.7. The third kappa shape index (κ3) is 4.26. The molecule has 2 aromatic heterocycles. The molecule has 140 valence electrons. The molecule has 0 aromatic carbocycles. The Hall–Kier alpha value is -2.09. The number of allylic oxidation sites excluding steroid dienone is 1. The lowest BCUT2D eigenvalue weighted by molar-refractivity contribution is 0.659. The third-order valence-electron chi connectivity index (χ3n) is 4.80. The van der Waals surface area contributed by atoms with Gasteiger partial charge in [-0.3, -0.25) is 9.36 Å². The van der Waals surface area contributed by atoms with Crippen LogP contribution in [0, 0.1) is 28.6 Å². The van der Waals surface area contributed by atoms with Crippen molar-refractivity contribution in [1.29, 1.82) is 10.5 Å². The minimum Gasteiger partial charge on any atom is -0.283 e. The zero-order valence-electron chi connectivity index (χ0n) is 15.2. The van der Waals surface area contributed by atoms with E-state index in [0.29, 0.717) is 30.3 Å². The van der Waals surface area contributed by atoms with Gasteiger partial charge in [0.05, 0.1) is 23.4 Å². The molecule has 7 heteroatoms. The number of thioether (sulfide) groups is 1. The lowest BCUT2D eigenvalue weighted by Crippen LogP contribution is -2.23. The normalized spacial score (nSPS) is 14.7. The van der Waals surface area contributed by atoms with E-state index < -0.39 is 0 Å². The summed E-state index contributed by atoms with van der Waals surface area (Å²) >= 11 is 3.08. The first-order valence-corrected chi connectivity index (χ1v) is 11.0. The van der Waals surface area contributed by atoms with Crippen LogP contribution in [0.3, 0.4) is 0 Å². The molecule has 0 fully saturated rings. The van der Waals surface area contributed by atoms with Crippen molar-refractivity contribution in [3.63, 3.8) is 0 Å². The summed E-state index contributed by atoms with van der Waals surface area (Å²) in [6, 6.07) is 4.34. The summed E-state index contributed by atoms with van der Waals surface area (Å²) in [6.07, 6.45) is 8.11. The third-order valence-corrected chi connectivity index (χ3v) is 7.13. The summed E-state index contributed by atoms with van der Waals surface area (Å²) in [5.41, 5.74) is 1.20. The molecular weight excluding hydrogens is 376 g/mol. The van der Waals surface area contributed by atoms with Crippen molar-refractivity contribution in [3.05, 3.63) is 33.4 Å². The number of aromatic nitrogens is 2. The summed E-state index contributed by atoms with van der Waals surface area (Å²) < 4.78 is 1.68. The van der Waals surface area contributed by atoms with Crippen molar-refractivity contribution < 1.29 is 0 Å². The van der Waals surface area contributed by atoms with Crippen molar-refractivity contribution in [2.45, 2.75) is 56.6 Å². The summed E-state index contributed by atoms with van der Waals surface area (Å²) in [4.78, 5) is 20.2. The lowest BCUT2D eigenvalue weighted by atomic mass is 10.1. The van der Waals surface area contributed by atoms with E-state index in [2.05, 4.69) is 18.7 Å². The summed E-state index contributed by atoms with van der Waals surface area (Å²) in [7, 11) is 0. The minimum absolute atomic E-state index is 0.00679. The van der Waals surface area contributed by atoms with E-state index in [9.17, 15) is 10.1 Å². The molecule has 0 N–H and O–H groups in total. The molecule has 0 saturated heterocycles. The molecule has 5 nitrogen and oxygen atoms in total. The van der Waals surface area contributed by atoms with E-state index in [-0.39, 0.29) is 11.5 Å². The molecule has 1 aliphatic rings. The molecule has 0 aliphatic heterocycles. The molecule has 3 rings (SSSR count). The van der Waals surface area contributed by atoms with Crippen LogP contribution >= 0.6 is 23.1 Å². The maximum Gasteiger partial charge on any atom is 0.263 e. The van der Waals surface area contributed by atoms with Gasteiger partial charge < -0.3 is 0 Å². The molecule has 2 heterocycles. The zero-order valence-corrected chi connectivity index (χ0v) is 16.9. The van der Waals surface area contributed by atoms with E-state index in [0.717, 1.165) is 29.5 Å². The van der Waals surface area contributed by atoms with Crippen molar-refractivity contribution >= 4 is 33.3 Å². The predicted molar refractivity (Wildman–Crippen MR) is 110 cm³/mol. The Labute approximate surface area is 167 Å². The fraction of sp³-hybridized carbons (Fsp3) is 0.500. The fourth-order valence-corrected chi connectivity index (χ4v) is 5.77. The van der Waals surface area contributed by atoms with Gasteiger partial charge in [-0.15, -0.1) is 17.9 Å². The number of aryl methyl sites for hydroxylation is 2. The smallest absolute Gasteiger partial charge is 0.263 e. The van der Waals surface area contributed by atoms with Gasteiger partial charge in [0, 0.05) is 23.6 Å². The number of thiophene rings is 1. The monoisotopic (exact) mass is 398 g/mol. The van der Waals surface area contributed by atoms with Crippen LogP contribution in [0.5, 0.6) is 0 Å². The molecule has 0 bridgehead atoms. The van der Waals surface area contributed by atoms with Crippen LogP contribution in [-0.2, 0) is 19.4 Å². The fourth-order valence-electron chi connectivity index (χ4n) is 3.40. The van der Waals surface area contributed by atoms with Crippen LogP contribution in [0.4, 0.5) is 0 Å². The zero-order chi connectivity index (χ0) is 19.2. The highest BCUT2D eigenvalue weighted by molar-refractivity contribution is 7.99. The molecule has 0 unspecified atom stereocenters. The topological polar surface area (TPSA) is 82.5 Å². The molecule has 0 spiro atoms. The molecule has 1 atom stereocenters. The van der Waals surface area contributed by atoms with Crippen molar-refractivity contribution in [3.8, 4) is 12.1 Å². The Balaban J connectivity index is 1.99. The maximum atomic E-state index is 13.2. The van der Waals surface area contributed by atoms with Crippen LogP contribution in [0.15, 0.2) is 22.6 Å². The average molecular weight is 399 g/mol. The Morgan fingerprint density at radius 2 is 2.15 bits per heavy atom. The second-order valence-electron chi connectivity index (χ2n) is 6.68. The minimum atomic E-state index is -0.223. The van der Waals surface area contributed by atoms with Crippen molar-refractivity contribution in [1.82, 2.24) is 9.55 Å². The molecule has 27 heavy (non-hydrogen) atoms. The number of hydrogen-bond acceptors (Lipinski definition) is 6. The molecule has 0 radical (unpaired) electrons. The standard InChI is InChI=1S/C20H22N4OS2/c1-2-11-24-19(25)17-15-8-4-3-5-9-16(15)27-18(17)23-20(24)26-13-14(12-22)7-6-10-21/h2,14H,1,3-9,11,13H2/t14-/m1/s1. The molecule has 1 aliphatic carbocycles. The summed E-state index contributed by atoms with van der Waals surface area (Å²) in [6.45, 7) is 4.18. The highest BCUT2D eigenvalue weighted by Crippen LogP contribution is 2.34. The Kier molecular flexibility index (Phi) is 6.71. The van der Waals surface area contributed by atoms with Crippen LogP contribution in [0.25, 0.3) is 10.2 Å². The second-order valence-corrected chi connectivity index (χ2v) is 8.75. The van der Waals surface area contributed by atoms with Gasteiger partial charge in [-0.05, 0) is 37.7 Å². The molecule has 0 amide bonds. The van der Waals surface area contributed by atoms with Crippen molar-refractivity contribution in [2.24, 2.45) is 5.92 Å². The number of fused-ring (bicyclic) bond motifs is 3. The highest BCUT2D eigenvalue weighted by atomic mass is 32.2. The first-order valence-electron chi connectivity index (χ1n) is 9.25. The highest BCUT2D eigenvalue weighted by Gasteiger charge is 2.21. The van der Waals surface area contributed by atoms with Gasteiger partial charge in [0.1, 0.15) is 4.83 Å². The second kappa shape index (κ2) is 9.21. The number of rotatable bonds is 7. The molecule has 0 saturated carbocycles. The van der Waals surface area contributed by atoms with E-state index in [1.807, 2.05) is 0 Å². The van der Waals surface area contributed by atoms with E-state index in [1.54, 1.807) is 22.0 Å². The van der Waals surface area contributed by atoms with E-state index in [4.69, 9.17) is 10.2 Å². The summed E-state index contributed by atoms with van der Waals surface area (Å²) in [5, 5.41) is 19.4. The predicted octanol–water partition coefficient (Wildman–Crippen LogP) is 4.45. The van der Waals surface area contributed by atoms with Gasteiger partial charge in [-0.25, -0.2) is 4.98 Å². The SMILES string of the molecule is C=CCn1c(SC[C@@H](C#N)CCC#N)nc2sc3c(c2c1=O)CCCCC3. The Morgan fingerprint density at radius 3 is 2.89 bits per heavy atom. The van der Waals surface area contributed by atoms with Crippen LogP contribution in [-0.4, -0.2) is 15.3 Å². The Bertz CT molecular complexity index is 977. The van der Waals surface area contributed by atoms with Crippen LogP contribution in [0.1, 0.15) is 42.5 Å². The van der Waals surface area contributed by atoms with Gasteiger partial charge >= 0.3 is 0 Å². The molecule has 2 aromatic rings. The van der Waals surface area contributed by atoms with Crippen LogP contribution < -0.4 is 5.56 Å². The van der Waals surface area contributed by atoms with E-state index in [1.165, 1.54) is 35.0 Å². The lowest BCUT2D eigenvalue weighted by Gasteiger charge is -2.12. The summed E-state index contributed by atoms with van der Waals surface area (Å²) in [5.74, 6) is 0.303. The molecular formula is C20H22N4OS2. The van der Waals surface area contributed by atoms with Gasteiger partial charge in [0.15, 0.2) is 5.16 Å². The maximum absolute atomic E-state index is 13.2. The van der Waals surface area contributed by atoms with Gasteiger partial charge in [-0.1, -0.05) is 24.3 Å². The van der Waals surface area contributed by atoms with Gasteiger partial charge in [0.2, 0.25) is 0 Å². The number of nitriles is 2. The quantitative estimate of drug-likeness (QED) is 0.298. The first-order chi connectivity index (χ1) is 13.2. The van der Waals surface area contributed by atoms with Crippen LogP contribution in [0.2, 0.25) is 0 Å². The van der Waals surface area contributed by atoms with E-state index >= 15 is 0 Å².